The second kappa shape index (κ2) is 7.70. The fourth-order valence-corrected chi connectivity index (χ4v) is 6.61. The molecule has 0 saturated carbocycles. The van der Waals surface area contributed by atoms with Crippen molar-refractivity contribution < 1.29 is 13.2 Å². The molecule has 1 heterocycles. The quantitative estimate of drug-likeness (QED) is 0.540. The van der Waals surface area contributed by atoms with Crippen LogP contribution in [-0.2, 0) is 9.84 Å². The lowest BCUT2D eigenvalue weighted by Crippen LogP contribution is -1.99. The standard InChI is InChI=1S/C18H18O3S4/c1-3-21-14-8-4-12(5-9-14)16-17(23-24-18(16)22)13-6-10-15(11-7-13)25(2,19)20/h4-11,17,22H,3H2,1-2H3. The van der Waals surface area contributed by atoms with E-state index < -0.39 is 9.84 Å². The maximum atomic E-state index is 11.6. The zero-order valence-electron chi connectivity index (χ0n) is 13.8. The normalized spacial score (nSPS) is 17.8. The maximum absolute atomic E-state index is 11.6. The van der Waals surface area contributed by atoms with Gasteiger partial charge in [0.25, 0.3) is 0 Å². The molecule has 2 aromatic rings. The van der Waals surface area contributed by atoms with Crippen molar-refractivity contribution in [2.45, 2.75) is 17.1 Å². The lowest BCUT2D eigenvalue weighted by Gasteiger charge is -2.15. The predicted molar refractivity (Wildman–Crippen MR) is 111 cm³/mol. The van der Waals surface area contributed by atoms with Crippen LogP contribution >= 0.6 is 34.2 Å². The van der Waals surface area contributed by atoms with Crippen molar-refractivity contribution in [3.8, 4) is 5.75 Å². The summed E-state index contributed by atoms with van der Waals surface area (Å²) < 4.78 is 29.8. The lowest BCUT2D eigenvalue weighted by atomic mass is 9.99. The molecule has 0 aromatic heterocycles. The third-order valence-corrected chi connectivity index (χ3v) is 8.36. The average Bonchev–Trinajstić information content (AvgIpc) is 2.97. The summed E-state index contributed by atoms with van der Waals surface area (Å²) in [5.41, 5.74) is 3.31. The van der Waals surface area contributed by atoms with Crippen molar-refractivity contribution in [3.05, 3.63) is 63.9 Å². The molecule has 0 saturated heterocycles. The Bertz CT molecular complexity index is 885. The Morgan fingerprint density at radius 2 is 1.72 bits per heavy atom. The van der Waals surface area contributed by atoms with Crippen molar-refractivity contribution in [2.24, 2.45) is 0 Å². The van der Waals surface area contributed by atoms with Crippen molar-refractivity contribution in [1.29, 1.82) is 0 Å². The van der Waals surface area contributed by atoms with Crippen molar-refractivity contribution in [2.75, 3.05) is 12.9 Å². The van der Waals surface area contributed by atoms with Crippen molar-refractivity contribution >= 4 is 49.6 Å². The first-order valence-electron chi connectivity index (χ1n) is 7.70. The second-order valence-corrected chi connectivity index (χ2v) is 10.7. The topological polar surface area (TPSA) is 43.4 Å². The Hall–Kier alpha value is -1.02. The summed E-state index contributed by atoms with van der Waals surface area (Å²) in [7, 11) is 0.175. The maximum Gasteiger partial charge on any atom is 0.175 e. The van der Waals surface area contributed by atoms with Gasteiger partial charge in [0.15, 0.2) is 9.84 Å². The third kappa shape index (κ3) is 4.22. The van der Waals surface area contributed by atoms with E-state index in [0.717, 1.165) is 26.7 Å². The molecule has 132 valence electrons. The molecule has 1 atom stereocenters. The Kier molecular flexibility index (Phi) is 5.78. The van der Waals surface area contributed by atoms with E-state index in [2.05, 4.69) is 12.6 Å². The summed E-state index contributed by atoms with van der Waals surface area (Å²) in [5, 5.41) is 0.115. The van der Waals surface area contributed by atoms with Crippen LogP contribution in [0.3, 0.4) is 0 Å². The van der Waals surface area contributed by atoms with Crippen LogP contribution in [0.1, 0.15) is 23.3 Å². The Labute approximate surface area is 162 Å². The van der Waals surface area contributed by atoms with E-state index in [1.807, 2.05) is 43.3 Å². The van der Waals surface area contributed by atoms with E-state index in [4.69, 9.17) is 4.74 Å². The Morgan fingerprint density at radius 1 is 1.08 bits per heavy atom. The summed E-state index contributed by atoms with van der Waals surface area (Å²) in [6.45, 7) is 2.60. The first kappa shape index (κ1) is 18.8. The summed E-state index contributed by atoms with van der Waals surface area (Å²) in [6.07, 6.45) is 1.22. The number of ether oxygens (including phenoxy) is 1. The van der Waals surface area contributed by atoms with Crippen LogP contribution in [0.4, 0.5) is 0 Å². The molecule has 0 fully saturated rings. The molecule has 2 aromatic carbocycles. The SMILES string of the molecule is CCOc1ccc(C2=C(S)SSC2c2ccc(S(C)(=O)=O)cc2)cc1. The van der Waals surface area contributed by atoms with Crippen LogP contribution in [0.25, 0.3) is 5.57 Å². The van der Waals surface area contributed by atoms with Gasteiger partial charge in [-0.2, -0.15) is 0 Å². The van der Waals surface area contributed by atoms with E-state index >= 15 is 0 Å². The van der Waals surface area contributed by atoms with Gasteiger partial charge in [0.2, 0.25) is 0 Å². The Balaban J connectivity index is 1.92. The van der Waals surface area contributed by atoms with Crippen LogP contribution in [0.2, 0.25) is 0 Å². The highest BCUT2D eigenvalue weighted by Gasteiger charge is 2.28. The van der Waals surface area contributed by atoms with Crippen LogP contribution < -0.4 is 4.74 Å². The first-order chi connectivity index (χ1) is 11.9. The zero-order chi connectivity index (χ0) is 18.0. The van der Waals surface area contributed by atoms with Crippen molar-refractivity contribution in [1.82, 2.24) is 0 Å². The highest BCUT2D eigenvalue weighted by molar-refractivity contribution is 8.80. The molecule has 7 heteroatoms. The van der Waals surface area contributed by atoms with Gasteiger partial charge in [-0.1, -0.05) is 35.1 Å². The molecule has 25 heavy (non-hydrogen) atoms. The molecule has 0 bridgehead atoms. The number of rotatable bonds is 5. The van der Waals surface area contributed by atoms with Gasteiger partial charge in [-0.15, -0.1) is 12.6 Å². The van der Waals surface area contributed by atoms with Gasteiger partial charge in [0.05, 0.1) is 21.0 Å². The minimum absolute atomic E-state index is 0.115. The molecule has 1 unspecified atom stereocenters. The molecular formula is C18H18O3S4. The summed E-state index contributed by atoms with van der Waals surface area (Å²) in [5.74, 6) is 0.847. The fourth-order valence-electron chi connectivity index (χ4n) is 2.58. The number of hydrogen-bond acceptors (Lipinski definition) is 6. The molecule has 0 radical (unpaired) electrons. The monoisotopic (exact) mass is 410 g/mol. The summed E-state index contributed by atoms with van der Waals surface area (Å²) in [4.78, 5) is 0.338. The summed E-state index contributed by atoms with van der Waals surface area (Å²) >= 11 is 4.64. The molecule has 3 nitrogen and oxygen atoms in total. The molecule has 0 spiro atoms. The van der Waals surface area contributed by atoms with Gasteiger partial charge in [0, 0.05) is 6.26 Å². The van der Waals surface area contributed by atoms with E-state index in [9.17, 15) is 8.42 Å². The zero-order valence-corrected chi connectivity index (χ0v) is 17.1. The van der Waals surface area contributed by atoms with Gasteiger partial charge in [-0.25, -0.2) is 8.42 Å². The third-order valence-electron chi connectivity index (χ3n) is 3.80. The fraction of sp³-hybridized carbons (Fsp3) is 0.222. The molecule has 3 rings (SSSR count). The van der Waals surface area contributed by atoms with Gasteiger partial charge in [-0.3, -0.25) is 0 Å². The van der Waals surface area contributed by atoms with Gasteiger partial charge in [0.1, 0.15) is 5.75 Å². The molecule has 0 aliphatic carbocycles. The predicted octanol–water partition coefficient (Wildman–Crippen LogP) is 5.22. The number of sulfone groups is 1. The molecular weight excluding hydrogens is 392 g/mol. The van der Waals surface area contributed by atoms with Crippen LogP contribution in [-0.4, -0.2) is 21.3 Å². The van der Waals surface area contributed by atoms with Gasteiger partial charge in [-0.05, 0) is 58.7 Å². The smallest absolute Gasteiger partial charge is 0.175 e. The van der Waals surface area contributed by atoms with E-state index in [1.165, 1.54) is 6.26 Å². The minimum Gasteiger partial charge on any atom is -0.494 e. The Morgan fingerprint density at radius 3 is 2.28 bits per heavy atom. The van der Waals surface area contributed by atoms with Crippen LogP contribution in [0.5, 0.6) is 5.75 Å². The minimum atomic E-state index is -3.18. The molecule has 1 aliphatic heterocycles. The second-order valence-electron chi connectivity index (χ2n) is 5.58. The van der Waals surface area contributed by atoms with E-state index in [0.29, 0.717) is 11.5 Å². The molecule has 1 aliphatic rings. The first-order valence-corrected chi connectivity index (χ1v) is 12.2. The highest BCUT2D eigenvalue weighted by atomic mass is 33.1. The number of thiol groups is 1. The van der Waals surface area contributed by atoms with Gasteiger partial charge < -0.3 is 4.74 Å². The van der Waals surface area contributed by atoms with Crippen LogP contribution in [0.15, 0.2) is 57.7 Å². The van der Waals surface area contributed by atoms with E-state index in [1.54, 1.807) is 33.7 Å². The van der Waals surface area contributed by atoms with Crippen LogP contribution in [0, 0.1) is 0 Å². The molecule has 0 amide bonds. The van der Waals surface area contributed by atoms with E-state index in [-0.39, 0.29) is 5.25 Å². The highest BCUT2D eigenvalue weighted by Crippen LogP contribution is 2.59. The lowest BCUT2D eigenvalue weighted by molar-refractivity contribution is 0.340. The van der Waals surface area contributed by atoms with Gasteiger partial charge >= 0.3 is 0 Å². The number of benzene rings is 2. The van der Waals surface area contributed by atoms with Crippen molar-refractivity contribution in [3.63, 3.8) is 0 Å². The number of hydrogen-bond donors (Lipinski definition) is 1. The average molecular weight is 411 g/mol. The largest absolute Gasteiger partial charge is 0.494 e. The summed E-state index contributed by atoms with van der Waals surface area (Å²) in [6, 6.07) is 15.1. The molecule has 0 N–H and O–H groups in total.